The highest BCUT2D eigenvalue weighted by Crippen LogP contribution is 2.14. The van der Waals surface area contributed by atoms with E-state index >= 15 is 0 Å². The van der Waals surface area contributed by atoms with Gasteiger partial charge in [0, 0.05) is 0 Å². The number of hydrogen-bond donors (Lipinski definition) is 0. The topological polar surface area (TPSA) is 54.0 Å². The fourth-order valence-corrected chi connectivity index (χ4v) is 1.35. The first-order valence-corrected chi connectivity index (χ1v) is 4.34. The lowest BCUT2D eigenvalue weighted by Crippen LogP contribution is -2.05. The molecular weight excluding hydrogens is 190 g/mol. The summed E-state index contributed by atoms with van der Waals surface area (Å²) in [6.45, 7) is 3.61. The summed E-state index contributed by atoms with van der Waals surface area (Å²) in [6.07, 6.45) is 2.82. The largest absolute Gasteiger partial charge is 0.463 e. The van der Waals surface area contributed by atoms with Gasteiger partial charge in [-0.15, -0.1) is 0 Å². The zero-order valence-corrected chi connectivity index (χ0v) is 7.86. The van der Waals surface area contributed by atoms with E-state index in [9.17, 15) is 4.79 Å². The first-order chi connectivity index (χ1) is 7.26. The van der Waals surface area contributed by atoms with Crippen molar-refractivity contribution in [2.75, 3.05) is 0 Å². The maximum atomic E-state index is 11.7. The van der Waals surface area contributed by atoms with Crippen LogP contribution in [0, 0.1) is 11.3 Å². The highest BCUT2D eigenvalue weighted by atomic mass is 16.3. The van der Waals surface area contributed by atoms with Crippen LogP contribution in [0.2, 0.25) is 0 Å². The van der Waals surface area contributed by atoms with Gasteiger partial charge in [-0.2, -0.15) is 5.26 Å². The van der Waals surface area contributed by atoms with E-state index in [1.165, 1.54) is 6.26 Å². The van der Waals surface area contributed by atoms with E-state index in [-0.39, 0.29) is 11.0 Å². The second-order valence-corrected chi connectivity index (χ2v) is 3.05. The fourth-order valence-electron chi connectivity index (χ4n) is 1.35. The lowest BCUT2D eigenvalue weighted by atomic mass is 10.1. The molecule has 0 saturated heterocycles. The van der Waals surface area contributed by atoms with Gasteiger partial charge in [0.15, 0.2) is 0 Å². The summed E-state index contributed by atoms with van der Waals surface area (Å²) >= 11 is 0. The Morgan fingerprint density at radius 3 is 2.93 bits per heavy atom. The maximum Gasteiger partial charge on any atom is 0.210 e. The van der Waals surface area contributed by atoms with Gasteiger partial charge in [0.1, 0.15) is 23.5 Å². The second-order valence-electron chi connectivity index (χ2n) is 3.05. The zero-order valence-electron chi connectivity index (χ0n) is 7.86. The average molecular weight is 197 g/mol. The summed E-state index contributed by atoms with van der Waals surface area (Å²) in [6, 6.07) is 6.94. The minimum atomic E-state index is -0.303. The van der Waals surface area contributed by atoms with Crippen molar-refractivity contribution in [2.45, 2.75) is 0 Å². The lowest BCUT2D eigenvalue weighted by Gasteiger charge is -1.98. The van der Waals surface area contributed by atoms with Crippen LogP contribution in [-0.2, 0) is 0 Å². The Hall–Kier alpha value is -2.34. The Kier molecular flexibility index (Phi) is 2.11. The number of hydrogen-bond acceptors (Lipinski definition) is 3. The van der Waals surface area contributed by atoms with Gasteiger partial charge in [-0.1, -0.05) is 18.7 Å². The lowest BCUT2D eigenvalue weighted by molar-refractivity contribution is 0.600. The highest BCUT2D eigenvalue weighted by Gasteiger charge is 2.05. The molecule has 0 amide bonds. The monoisotopic (exact) mass is 197 g/mol. The van der Waals surface area contributed by atoms with Crippen molar-refractivity contribution in [1.29, 1.82) is 5.26 Å². The second kappa shape index (κ2) is 3.43. The molecule has 0 fully saturated rings. The number of rotatable bonds is 1. The van der Waals surface area contributed by atoms with Gasteiger partial charge >= 0.3 is 0 Å². The molecule has 1 aromatic carbocycles. The normalized spacial score (nSPS) is 9.80. The molecular formula is C12H7NO2. The molecule has 0 aliphatic carbocycles. The molecule has 0 unspecified atom stereocenters. The molecule has 2 rings (SSSR count). The first-order valence-electron chi connectivity index (χ1n) is 4.34. The van der Waals surface area contributed by atoms with Crippen LogP contribution in [0.25, 0.3) is 17.0 Å². The molecule has 72 valence electrons. The van der Waals surface area contributed by atoms with Crippen LogP contribution in [-0.4, -0.2) is 0 Å². The summed E-state index contributed by atoms with van der Waals surface area (Å²) in [4.78, 5) is 11.7. The molecule has 1 aromatic heterocycles. The van der Waals surface area contributed by atoms with Crippen LogP contribution in [0.1, 0.15) is 11.1 Å². The van der Waals surface area contributed by atoms with Crippen LogP contribution in [0.3, 0.4) is 0 Å². The van der Waals surface area contributed by atoms with Crippen LogP contribution in [0.15, 0.2) is 40.3 Å². The summed E-state index contributed by atoms with van der Waals surface area (Å²) in [5.41, 5.74) is 1.01. The molecule has 3 nitrogen and oxygen atoms in total. The standard InChI is InChI=1S/C12H7NO2/c1-2-8-3-4-11-10(5-8)12(14)9(6-13)7-15-11/h2-5,7H,1H2. The van der Waals surface area contributed by atoms with Gasteiger partial charge in [0.2, 0.25) is 5.43 Å². The van der Waals surface area contributed by atoms with Crippen molar-refractivity contribution in [3.63, 3.8) is 0 Å². The van der Waals surface area contributed by atoms with Crippen molar-refractivity contribution in [3.8, 4) is 6.07 Å². The van der Waals surface area contributed by atoms with Crippen molar-refractivity contribution < 1.29 is 4.42 Å². The Morgan fingerprint density at radius 1 is 1.47 bits per heavy atom. The van der Waals surface area contributed by atoms with Crippen LogP contribution in [0.4, 0.5) is 0 Å². The van der Waals surface area contributed by atoms with E-state index in [1.807, 2.05) is 0 Å². The third-order valence-electron chi connectivity index (χ3n) is 2.15. The van der Waals surface area contributed by atoms with E-state index in [2.05, 4.69) is 6.58 Å². The molecule has 0 saturated carbocycles. The van der Waals surface area contributed by atoms with E-state index < -0.39 is 0 Å². The van der Waals surface area contributed by atoms with Crippen LogP contribution >= 0.6 is 0 Å². The smallest absolute Gasteiger partial charge is 0.210 e. The molecule has 0 radical (unpaired) electrons. The van der Waals surface area contributed by atoms with Gasteiger partial charge in [-0.3, -0.25) is 4.79 Å². The van der Waals surface area contributed by atoms with E-state index in [0.29, 0.717) is 11.0 Å². The van der Waals surface area contributed by atoms with Crippen LogP contribution < -0.4 is 5.43 Å². The summed E-state index contributed by atoms with van der Waals surface area (Å²) in [7, 11) is 0. The maximum absolute atomic E-state index is 11.7. The molecule has 2 aromatic rings. The fraction of sp³-hybridized carbons (Fsp3) is 0. The first kappa shape index (κ1) is 9.22. The predicted octanol–water partition coefficient (Wildman–Crippen LogP) is 2.31. The Morgan fingerprint density at radius 2 is 2.27 bits per heavy atom. The van der Waals surface area contributed by atoms with Gasteiger partial charge in [0.05, 0.1) is 5.39 Å². The van der Waals surface area contributed by atoms with Gasteiger partial charge in [-0.25, -0.2) is 0 Å². The van der Waals surface area contributed by atoms with E-state index in [0.717, 1.165) is 5.56 Å². The van der Waals surface area contributed by atoms with Gasteiger partial charge in [0.25, 0.3) is 0 Å². The number of benzene rings is 1. The predicted molar refractivity (Wildman–Crippen MR) is 57.3 cm³/mol. The molecule has 0 aliphatic heterocycles. The summed E-state index contributed by atoms with van der Waals surface area (Å²) in [5, 5.41) is 9.08. The number of nitriles is 1. The van der Waals surface area contributed by atoms with Crippen molar-refractivity contribution in [1.82, 2.24) is 0 Å². The number of fused-ring (bicyclic) bond motifs is 1. The van der Waals surface area contributed by atoms with Crippen molar-refractivity contribution >= 4 is 17.0 Å². The minimum Gasteiger partial charge on any atom is -0.463 e. The highest BCUT2D eigenvalue weighted by molar-refractivity contribution is 5.80. The molecule has 0 bridgehead atoms. The number of nitrogens with zero attached hydrogens (tertiary/aromatic N) is 1. The molecule has 0 spiro atoms. The third kappa shape index (κ3) is 1.42. The van der Waals surface area contributed by atoms with Crippen molar-refractivity contribution in [3.05, 3.63) is 52.4 Å². The quantitative estimate of drug-likeness (QED) is 0.704. The Bertz CT molecular complexity index is 632. The van der Waals surface area contributed by atoms with Gasteiger partial charge in [-0.05, 0) is 17.7 Å². The molecule has 15 heavy (non-hydrogen) atoms. The molecule has 3 heteroatoms. The van der Waals surface area contributed by atoms with Gasteiger partial charge < -0.3 is 4.42 Å². The molecule has 0 atom stereocenters. The van der Waals surface area contributed by atoms with Crippen LogP contribution in [0.5, 0.6) is 0 Å². The van der Waals surface area contributed by atoms with E-state index in [1.54, 1.807) is 30.3 Å². The summed E-state index contributed by atoms with van der Waals surface area (Å²) in [5.74, 6) is 0. The molecule has 0 N–H and O–H groups in total. The molecule has 0 aliphatic rings. The SMILES string of the molecule is C=Cc1ccc2occ(C#N)c(=O)c2c1. The third-order valence-corrected chi connectivity index (χ3v) is 2.15. The Labute approximate surface area is 85.9 Å². The Balaban J connectivity index is 2.91. The van der Waals surface area contributed by atoms with Crippen molar-refractivity contribution in [2.24, 2.45) is 0 Å². The summed E-state index contributed by atoms with van der Waals surface area (Å²) < 4.78 is 5.16. The average Bonchev–Trinajstić information content (AvgIpc) is 2.29. The van der Waals surface area contributed by atoms with E-state index in [4.69, 9.17) is 9.68 Å². The minimum absolute atomic E-state index is 0.0173. The zero-order chi connectivity index (χ0) is 10.8. The molecule has 1 heterocycles.